The molecule has 0 aromatic heterocycles. The van der Waals surface area contributed by atoms with E-state index in [1.54, 1.807) is 0 Å². The van der Waals surface area contributed by atoms with E-state index in [9.17, 15) is 9.59 Å². The van der Waals surface area contributed by atoms with Gasteiger partial charge in [-0.2, -0.15) is 0 Å². The van der Waals surface area contributed by atoms with Crippen molar-refractivity contribution < 1.29 is 9.59 Å². The Kier molecular flexibility index (Phi) is 7.47. The fraction of sp³-hybridized carbons (Fsp3) is 0.636. The van der Waals surface area contributed by atoms with E-state index in [0.29, 0.717) is 25.2 Å². The van der Waals surface area contributed by atoms with Crippen LogP contribution >= 0.6 is 0 Å². The molecular weight excluding hydrogens is 352 g/mol. The maximum atomic E-state index is 12.8. The summed E-state index contributed by atoms with van der Waals surface area (Å²) in [7, 11) is 8.02. The first-order valence-electron chi connectivity index (χ1n) is 10.1. The fourth-order valence-electron chi connectivity index (χ4n) is 3.83. The van der Waals surface area contributed by atoms with Crippen molar-refractivity contribution in [3.8, 4) is 0 Å². The van der Waals surface area contributed by atoms with Crippen molar-refractivity contribution in [1.82, 2.24) is 15.1 Å². The molecule has 0 radical (unpaired) electrons. The molecule has 1 aliphatic rings. The summed E-state index contributed by atoms with van der Waals surface area (Å²) in [6.07, 6.45) is 1.44. The number of rotatable bonds is 7. The van der Waals surface area contributed by atoms with E-state index < -0.39 is 0 Å². The summed E-state index contributed by atoms with van der Waals surface area (Å²) >= 11 is 0. The van der Waals surface area contributed by atoms with E-state index in [4.69, 9.17) is 0 Å². The van der Waals surface area contributed by atoms with Gasteiger partial charge in [-0.3, -0.25) is 9.59 Å². The van der Waals surface area contributed by atoms with Gasteiger partial charge in [0.25, 0.3) is 5.91 Å². The molecule has 2 rings (SSSR count). The summed E-state index contributed by atoms with van der Waals surface area (Å²) in [4.78, 5) is 31.4. The molecule has 0 spiro atoms. The molecule has 2 amide bonds. The number of anilines is 1. The second-order valence-corrected chi connectivity index (χ2v) is 9.13. The summed E-state index contributed by atoms with van der Waals surface area (Å²) < 4.78 is 0. The number of carbonyl (C=O) groups is 2. The van der Waals surface area contributed by atoms with E-state index in [2.05, 4.69) is 24.1 Å². The van der Waals surface area contributed by atoms with Crippen molar-refractivity contribution in [2.45, 2.75) is 26.7 Å². The van der Waals surface area contributed by atoms with E-state index in [-0.39, 0.29) is 23.1 Å². The van der Waals surface area contributed by atoms with Gasteiger partial charge in [0.15, 0.2) is 0 Å². The van der Waals surface area contributed by atoms with Crippen LogP contribution in [0, 0.1) is 11.3 Å². The van der Waals surface area contributed by atoms with Crippen LogP contribution in [0.25, 0.3) is 0 Å². The Morgan fingerprint density at radius 1 is 1.14 bits per heavy atom. The van der Waals surface area contributed by atoms with Crippen LogP contribution in [0.2, 0.25) is 0 Å². The van der Waals surface area contributed by atoms with Gasteiger partial charge in [0.05, 0.1) is 0 Å². The number of carbonyl (C=O) groups excluding carboxylic acids is 2. The zero-order valence-corrected chi connectivity index (χ0v) is 18.3. The maximum absolute atomic E-state index is 12.8. The van der Waals surface area contributed by atoms with Crippen LogP contribution in [0.3, 0.4) is 0 Å². The highest BCUT2D eigenvalue weighted by Crippen LogP contribution is 2.22. The second kappa shape index (κ2) is 9.41. The van der Waals surface area contributed by atoms with Gasteiger partial charge in [-0.25, -0.2) is 0 Å². The Balaban J connectivity index is 1.86. The second-order valence-electron chi connectivity index (χ2n) is 9.13. The van der Waals surface area contributed by atoms with Crippen LogP contribution in [0.5, 0.6) is 0 Å². The maximum Gasteiger partial charge on any atom is 0.253 e. The highest BCUT2D eigenvalue weighted by molar-refractivity contribution is 5.95. The quantitative estimate of drug-likeness (QED) is 0.779. The van der Waals surface area contributed by atoms with Crippen LogP contribution < -0.4 is 10.2 Å². The smallest absolute Gasteiger partial charge is 0.253 e. The predicted octanol–water partition coefficient (Wildman–Crippen LogP) is 2.31. The number of hydrogen-bond donors (Lipinski definition) is 1. The number of amides is 2. The minimum absolute atomic E-state index is 0.00712. The number of benzene rings is 1. The van der Waals surface area contributed by atoms with Gasteiger partial charge < -0.3 is 20.0 Å². The molecular formula is C22H36N4O2. The molecule has 0 aliphatic carbocycles. The molecule has 0 unspecified atom stereocenters. The standard InChI is InChI=1S/C22H36N4O2/c1-22(2,16-24(3)4)15-23-20(27)17-10-12-26(13-11-17)21(28)18-8-7-9-19(14-18)25(5)6/h7-9,14,17H,10-13,15-16H2,1-6H3,(H,23,27). The third kappa shape index (κ3) is 6.23. The topological polar surface area (TPSA) is 55.9 Å². The summed E-state index contributed by atoms with van der Waals surface area (Å²) in [6, 6.07) is 7.69. The average molecular weight is 389 g/mol. The molecule has 1 aliphatic heterocycles. The summed E-state index contributed by atoms with van der Waals surface area (Å²) in [5, 5.41) is 3.12. The molecule has 1 aromatic rings. The third-order valence-electron chi connectivity index (χ3n) is 5.25. The number of nitrogens with zero attached hydrogens (tertiary/aromatic N) is 3. The van der Waals surface area contributed by atoms with Crippen LogP contribution in [0.4, 0.5) is 5.69 Å². The van der Waals surface area contributed by atoms with Crippen molar-refractivity contribution >= 4 is 17.5 Å². The van der Waals surface area contributed by atoms with Gasteiger partial charge in [0.2, 0.25) is 5.91 Å². The summed E-state index contributed by atoms with van der Waals surface area (Å²) in [5.74, 6) is 0.163. The van der Waals surface area contributed by atoms with Crippen LogP contribution in [0.1, 0.15) is 37.0 Å². The lowest BCUT2D eigenvalue weighted by Gasteiger charge is -2.33. The van der Waals surface area contributed by atoms with Gasteiger partial charge in [-0.1, -0.05) is 19.9 Å². The number of hydrogen-bond acceptors (Lipinski definition) is 4. The van der Waals surface area contributed by atoms with Crippen LogP contribution in [-0.4, -0.2) is 76.0 Å². The molecule has 1 fully saturated rings. The lowest BCUT2D eigenvalue weighted by Crippen LogP contribution is -2.46. The molecule has 0 atom stereocenters. The van der Waals surface area contributed by atoms with Crippen molar-refractivity contribution in [2.75, 3.05) is 59.3 Å². The zero-order valence-electron chi connectivity index (χ0n) is 18.3. The lowest BCUT2D eigenvalue weighted by molar-refractivity contribution is -0.126. The number of piperidine rings is 1. The van der Waals surface area contributed by atoms with E-state index >= 15 is 0 Å². The minimum atomic E-state index is -0.00712. The Morgan fingerprint density at radius 2 is 1.79 bits per heavy atom. The lowest BCUT2D eigenvalue weighted by atomic mass is 9.91. The molecule has 156 valence electrons. The van der Waals surface area contributed by atoms with Crippen molar-refractivity contribution in [1.29, 1.82) is 0 Å². The molecule has 28 heavy (non-hydrogen) atoms. The Bertz CT molecular complexity index is 677. The third-order valence-corrected chi connectivity index (χ3v) is 5.25. The van der Waals surface area contributed by atoms with Crippen LogP contribution in [0.15, 0.2) is 24.3 Å². The van der Waals surface area contributed by atoms with Crippen molar-refractivity contribution in [3.63, 3.8) is 0 Å². The highest BCUT2D eigenvalue weighted by atomic mass is 16.2. The normalized spacial score (nSPS) is 15.6. The summed E-state index contributed by atoms with van der Waals surface area (Å²) in [6.45, 7) is 7.17. The van der Waals surface area contributed by atoms with Gasteiger partial charge in [0.1, 0.15) is 0 Å². The largest absolute Gasteiger partial charge is 0.378 e. The Morgan fingerprint density at radius 3 is 2.36 bits per heavy atom. The monoisotopic (exact) mass is 388 g/mol. The molecule has 6 heteroatoms. The Hall–Kier alpha value is -2.08. The SMILES string of the molecule is CN(C)CC(C)(C)CNC(=O)C1CCN(C(=O)c2cccc(N(C)C)c2)CC1. The number of nitrogens with one attached hydrogen (secondary N) is 1. The van der Waals surface area contributed by atoms with Crippen molar-refractivity contribution in [3.05, 3.63) is 29.8 Å². The molecule has 1 saturated heterocycles. The zero-order chi connectivity index (χ0) is 20.9. The van der Waals surface area contributed by atoms with Gasteiger partial charge in [-0.05, 0) is 50.6 Å². The first-order chi connectivity index (χ1) is 13.1. The molecule has 6 nitrogen and oxygen atoms in total. The minimum Gasteiger partial charge on any atom is -0.378 e. The first kappa shape index (κ1) is 22.2. The van der Waals surface area contributed by atoms with Gasteiger partial charge in [-0.15, -0.1) is 0 Å². The molecule has 0 bridgehead atoms. The van der Waals surface area contributed by atoms with Gasteiger partial charge >= 0.3 is 0 Å². The van der Waals surface area contributed by atoms with Gasteiger partial charge in [0, 0.05) is 57.4 Å². The predicted molar refractivity (Wildman–Crippen MR) is 115 cm³/mol. The Labute approximate surface area is 169 Å². The fourth-order valence-corrected chi connectivity index (χ4v) is 3.83. The van der Waals surface area contributed by atoms with Crippen molar-refractivity contribution in [2.24, 2.45) is 11.3 Å². The number of likely N-dealkylation sites (tertiary alicyclic amines) is 1. The molecule has 1 aromatic carbocycles. The first-order valence-corrected chi connectivity index (χ1v) is 10.1. The van der Waals surface area contributed by atoms with Crippen LogP contribution in [-0.2, 0) is 4.79 Å². The van der Waals surface area contributed by atoms with E-state index in [1.165, 1.54) is 0 Å². The molecule has 1 heterocycles. The molecule has 1 N–H and O–H groups in total. The summed E-state index contributed by atoms with van der Waals surface area (Å²) in [5.41, 5.74) is 1.76. The van der Waals surface area contributed by atoms with E-state index in [0.717, 1.165) is 25.1 Å². The molecule has 0 saturated carbocycles. The van der Waals surface area contributed by atoms with E-state index in [1.807, 2.05) is 62.3 Å². The highest BCUT2D eigenvalue weighted by Gasteiger charge is 2.29. The average Bonchev–Trinajstić information content (AvgIpc) is 2.65.